The van der Waals surface area contributed by atoms with Crippen molar-refractivity contribution in [1.82, 2.24) is 10.2 Å². The maximum Gasteiger partial charge on any atom is 0.276 e. The quantitative estimate of drug-likeness (QED) is 0.722. The number of hydrogen-bond acceptors (Lipinski definition) is 6. The summed E-state index contributed by atoms with van der Waals surface area (Å²) in [6.07, 6.45) is 0. The van der Waals surface area contributed by atoms with Crippen molar-refractivity contribution in [2.24, 2.45) is 0 Å². The normalized spacial score (nSPS) is 13.8. The highest BCUT2D eigenvalue weighted by atomic mass is 16.5. The van der Waals surface area contributed by atoms with Gasteiger partial charge in [-0.25, -0.2) is 0 Å². The summed E-state index contributed by atoms with van der Waals surface area (Å²) in [5, 5.41) is 11.3. The summed E-state index contributed by atoms with van der Waals surface area (Å²) in [6, 6.07) is 21.1. The van der Waals surface area contributed by atoms with E-state index in [-0.39, 0.29) is 11.6 Å². The molecule has 1 aromatic heterocycles. The largest absolute Gasteiger partial charge is 0.378 e. The fourth-order valence-electron chi connectivity index (χ4n) is 3.25. The van der Waals surface area contributed by atoms with Crippen LogP contribution >= 0.6 is 0 Å². The Balaban J connectivity index is 1.48. The van der Waals surface area contributed by atoms with Crippen molar-refractivity contribution in [3.8, 4) is 0 Å². The van der Waals surface area contributed by atoms with Gasteiger partial charge < -0.3 is 19.9 Å². The Morgan fingerprint density at radius 2 is 1.69 bits per heavy atom. The molecular weight excluding hydrogens is 366 g/mol. The maximum absolute atomic E-state index is 12.7. The highest BCUT2D eigenvalue weighted by Gasteiger charge is 2.17. The summed E-state index contributed by atoms with van der Waals surface area (Å²) < 4.78 is 5.42. The third-order valence-corrected chi connectivity index (χ3v) is 4.87. The molecule has 0 spiro atoms. The Morgan fingerprint density at radius 3 is 2.41 bits per heavy atom. The number of carbonyl (C=O) groups excluding carboxylic acids is 1. The van der Waals surface area contributed by atoms with Crippen LogP contribution in [0.3, 0.4) is 0 Å². The molecule has 7 nitrogen and oxygen atoms in total. The van der Waals surface area contributed by atoms with Gasteiger partial charge in [0, 0.05) is 25.8 Å². The lowest BCUT2D eigenvalue weighted by Gasteiger charge is -2.30. The molecular formula is C22H23N5O2. The molecule has 29 heavy (non-hydrogen) atoms. The van der Waals surface area contributed by atoms with E-state index in [9.17, 15) is 4.79 Å². The summed E-state index contributed by atoms with van der Waals surface area (Å²) in [5.41, 5.74) is 3.01. The number of benzene rings is 2. The molecule has 0 atom stereocenters. The molecule has 148 valence electrons. The Bertz CT molecular complexity index is 956. The molecule has 1 saturated heterocycles. The van der Waals surface area contributed by atoms with E-state index in [4.69, 9.17) is 4.74 Å². The number of nitrogens with one attached hydrogen (secondary N) is 1. The number of carbonyl (C=O) groups is 1. The van der Waals surface area contributed by atoms with Gasteiger partial charge in [0.25, 0.3) is 5.91 Å². The van der Waals surface area contributed by atoms with Crippen LogP contribution in [-0.2, 0) is 4.74 Å². The van der Waals surface area contributed by atoms with E-state index in [1.54, 1.807) is 12.1 Å². The first kappa shape index (κ1) is 18.9. The van der Waals surface area contributed by atoms with Crippen LogP contribution in [0.2, 0.25) is 0 Å². The van der Waals surface area contributed by atoms with E-state index in [1.165, 1.54) is 0 Å². The topological polar surface area (TPSA) is 70.6 Å². The molecule has 0 unspecified atom stereocenters. The minimum absolute atomic E-state index is 0.270. The molecule has 1 N–H and O–H groups in total. The minimum atomic E-state index is -0.285. The van der Waals surface area contributed by atoms with Crippen LogP contribution in [-0.4, -0.2) is 49.5 Å². The van der Waals surface area contributed by atoms with Crippen molar-refractivity contribution in [3.05, 3.63) is 72.4 Å². The number of amides is 1. The predicted octanol–water partition coefficient (Wildman–Crippen LogP) is 3.33. The first-order valence-corrected chi connectivity index (χ1v) is 9.58. The fraction of sp³-hybridized carbons (Fsp3) is 0.227. The van der Waals surface area contributed by atoms with Crippen molar-refractivity contribution in [3.63, 3.8) is 0 Å². The minimum Gasteiger partial charge on any atom is -0.378 e. The smallest absolute Gasteiger partial charge is 0.276 e. The molecule has 0 bridgehead atoms. The van der Waals surface area contributed by atoms with Crippen molar-refractivity contribution in [1.29, 1.82) is 0 Å². The third-order valence-electron chi connectivity index (χ3n) is 4.87. The van der Waals surface area contributed by atoms with Crippen molar-refractivity contribution >= 4 is 28.8 Å². The number of aromatic nitrogens is 2. The average Bonchev–Trinajstić information content (AvgIpc) is 2.80. The lowest BCUT2D eigenvalue weighted by Crippen LogP contribution is -2.36. The van der Waals surface area contributed by atoms with Crippen molar-refractivity contribution < 1.29 is 9.53 Å². The zero-order valence-corrected chi connectivity index (χ0v) is 16.3. The first-order valence-electron chi connectivity index (χ1n) is 9.58. The van der Waals surface area contributed by atoms with E-state index in [0.717, 1.165) is 30.2 Å². The highest BCUT2D eigenvalue weighted by molar-refractivity contribution is 6.04. The predicted molar refractivity (Wildman–Crippen MR) is 114 cm³/mol. The SMILES string of the molecule is CN(c1ccccc1)c1ccc(C(=O)Nc2ccccc2N2CCOCC2)nn1. The summed E-state index contributed by atoms with van der Waals surface area (Å²) >= 11 is 0. The Morgan fingerprint density at radius 1 is 0.966 bits per heavy atom. The van der Waals surface area contributed by atoms with E-state index in [1.807, 2.05) is 66.5 Å². The molecule has 0 aliphatic carbocycles. The average molecular weight is 389 g/mol. The molecule has 1 aliphatic heterocycles. The van der Waals surface area contributed by atoms with Crippen LogP contribution in [0.4, 0.5) is 22.9 Å². The van der Waals surface area contributed by atoms with Crippen LogP contribution in [0.25, 0.3) is 0 Å². The summed E-state index contributed by atoms with van der Waals surface area (Å²) in [7, 11) is 1.91. The molecule has 2 aromatic carbocycles. The number of nitrogens with zero attached hydrogens (tertiary/aromatic N) is 4. The Hall–Kier alpha value is -3.45. The molecule has 1 aliphatic rings. The summed E-state index contributed by atoms with van der Waals surface area (Å²) in [5.74, 6) is 0.383. The molecule has 7 heteroatoms. The van der Waals surface area contributed by atoms with Crippen molar-refractivity contribution in [2.45, 2.75) is 0 Å². The molecule has 4 rings (SSSR count). The number of anilines is 4. The van der Waals surface area contributed by atoms with Crippen LogP contribution in [0.15, 0.2) is 66.7 Å². The van der Waals surface area contributed by atoms with Gasteiger partial charge in [-0.05, 0) is 36.4 Å². The number of ether oxygens (including phenoxy) is 1. The molecule has 1 fully saturated rings. The molecule has 3 aromatic rings. The van der Waals surface area contributed by atoms with Crippen LogP contribution in [0.5, 0.6) is 0 Å². The van der Waals surface area contributed by atoms with Gasteiger partial charge >= 0.3 is 0 Å². The lowest BCUT2D eigenvalue weighted by atomic mass is 10.2. The van der Waals surface area contributed by atoms with Gasteiger partial charge in [0.2, 0.25) is 0 Å². The second-order valence-corrected chi connectivity index (χ2v) is 6.74. The number of hydrogen-bond donors (Lipinski definition) is 1. The fourth-order valence-corrected chi connectivity index (χ4v) is 3.25. The van der Waals surface area contributed by atoms with Gasteiger partial charge in [-0.15, -0.1) is 10.2 Å². The van der Waals surface area contributed by atoms with E-state index in [0.29, 0.717) is 19.0 Å². The van der Waals surface area contributed by atoms with Gasteiger partial charge in [0.15, 0.2) is 11.5 Å². The second kappa shape index (κ2) is 8.70. The Labute approximate surface area is 169 Å². The molecule has 0 saturated carbocycles. The van der Waals surface area contributed by atoms with Crippen LogP contribution in [0, 0.1) is 0 Å². The first-order chi connectivity index (χ1) is 14.2. The molecule has 1 amide bonds. The molecule has 0 radical (unpaired) electrons. The van der Waals surface area contributed by atoms with Gasteiger partial charge in [-0.1, -0.05) is 30.3 Å². The standard InChI is InChI=1S/C22H23N5O2/c1-26(17-7-3-2-4-8-17)21-12-11-19(24-25-21)22(28)23-18-9-5-6-10-20(18)27-13-15-29-16-14-27/h2-12H,13-16H2,1H3,(H,23,28). The Kier molecular flexibility index (Phi) is 5.67. The van der Waals surface area contributed by atoms with E-state index < -0.39 is 0 Å². The summed E-state index contributed by atoms with van der Waals surface area (Å²) in [6.45, 7) is 2.97. The number of rotatable bonds is 5. The van der Waals surface area contributed by atoms with Gasteiger partial charge in [0.05, 0.1) is 24.6 Å². The highest BCUT2D eigenvalue weighted by Crippen LogP contribution is 2.27. The monoisotopic (exact) mass is 389 g/mol. The van der Waals surface area contributed by atoms with E-state index >= 15 is 0 Å². The maximum atomic E-state index is 12.7. The number of morpholine rings is 1. The van der Waals surface area contributed by atoms with E-state index in [2.05, 4.69) is 20.4 Å². The van der Waals surface area contributed by atoms with Gasteiger partial charge in [0.1, 0.15) is 0 Å². The lowest BCUT2D eigenvalue weighted by molar-refractivity contribution is 0.102. The second-order valence-electron chi connectivity index (χ2n) is 6.74. The zero-order valence-electron chi connectivity index (χ0n) is 16.3. The van der Waals surface area contributed by atoms with Crippen molar-refractivity contribution in [2.75, 3.05) is 48.5 Å². The zero-order chi connectivity index (χ0) is 20.1. The number of para-hydroxylation sites is 3. The third kappa shape index (κ3) is 4.35. The van der Waals surface area contributed by atoms with Crippen LogP contribution < -0.4 is 15.1 Å². The van der Waals surface area contributed by atoms with Gasteiger partial charge in [-0.2, -0.15) is 0 Å². The molecule has 2 heterocycles. The van der Waals surface area contributed by atoms with Crippen LogP contribution in [0.1, 0.15) is 10.5 Å². The van der Waals surface area contributed by atoms with Gasteiger partial charge in [-0.3, -0.25) is 4.79 Å². The summed E-state index contributed by atoms with van der Waals surface area (Å²) in [4.78, 5) is 16.9.